The number of carbonyl (C=O) groups is 1. The average Bonchev–Trinajstić information content (AvgIpc) is 3.90. The van der Waals surface area contributed by atoms with Gasteiger partial charge in [-0.15, -0.1) is 0 Å². The second-order valence-electron chi connectivity index (χ2n) is 15.0. The van der Waals surface area contributed by atoms with Gasteiger partial charge in [0.1, 0.15) is 5.78 Å². The minimum absolute atomic E-state index is 0.0509. The number of Topliss-reactive ketones (excluding diaryl/α,β-unsaturated/α-hetero) is 1. The summed E-state index contributed by atoms with van der Waals surface area (Å²) < 4.78 is 0. The number of β-amino-alcohol motifs (C(OH)–C–C–N with tert-alkyl or cyclic N) is 1. The third-order valence-corrected chi connectivity index (χ3v) is 9.46. The number of likely N-dealkylation sites (N-methyl/N-ethyl adjacent to an activating group) is 4. The van der Waals surface area contributed by atoms with Crippen LogP contribution in [-0.4, -0.2) is 205 Å². The molecule has 7 aliphatic heterocycles. The van der Waals surface area contributed by atoms with Crippen LogP contribution in [0.1, 0.15) is 58.3 Å². The number of likely N-dealkylation sites (tertiary alicyclic amines) is 5. The fourth-order valence-corrected chi connectivity index (χ4v) is 6.13. The summed E-state index contributed by atoms with van der Waals surface area (Å²) in [5.74, 6) is 1.33. The predicted octanol–water partition coefficient (Wildman–Crippen LogP) is 2.36. The maximum atomic E-state index is 10.4. The van der Waals surface area contributed by atoms with Crippen LogP contribution in [0.15, 0.2) is 12.2 Å². The zero-order valence-electron chi connectivity index (χ0n) is 32.3. The van der Waals surface area contributed by atoms with Crippen molar-refractivity contribution in [1.82, 2.24) is 39.6 Å². The van der Waals surface area contributed by atoms with Gasteiger partial charge in [-0.2, -0.15) is 0 Å². The van der Waals surface area contributed by atoms with E-state index in [0.29, 0.717) is 12.3 Å². The molecule has 0 aromatic heterocycles. The van der Waals surface area contributed by atoms with Crippen LogP contribution in [0.5, 0.6) is 0 Å². The molecule has 10 nitrogen and oxygen atoms in total. The first kappa shape index (κ1) is 44.1. The molecular formula is C37H78N8O2. The largest absolute Gasteiger partial charge is 0.392 e. The minimum atomic E-state index is -0.0509. The van der Waals surface area contributed by atoms with Gasteiger partial charge >= 0.3 is 0 Å². The Morgan fingerprint density at radius 3 is 1.23 bits per heavy atom. The molecule has 2 N–H and O–H groups in total. The molecule has 6 fully saturated rings. The first-order valence-corrected chi connectivity index (χ1v) is 18.8. The summed E-state index contributed by atoms with van der Waals surface area (Å²) in [4.78, 5) is 26.3. The lowest BCUT2D eigenvalue weighted by atomic mass is 10.1. The van der Waals surface area contributed by atoms with Crippen molar-refractivity contribution in [2.45, 2.75) is 64.4 Å². The topological polar surface area (TPSA) is 72.0 Å². The Labute approximate surface area is 291 Å². The fourth-order valence-electron chi connectivity index (χ4n) is 6.13. The molecule has 2 atom stereocenters. The summed E-state index contributed by atoms with van der Waals surface area (Å²) in [5, 5.41) is 12.1. The van der Waals surface area contributed by atoms with Gasteiger partial charge in [-0.1, -0.05) is 25.5 Å². The smallest absolute Gasteiger partial charge is 0.148 e. The van der Waals surface area contributed by atoms with Crippen molar-refractivity contribution in [3.8, 4) is 0 Å². The molecule has 2 unspecified atom stereocenters. The number of piperazine rings is 1. The monoisotopic (exact) mass is 667 g/mol. The summed E-state index contributed by atoms with van der Waals surface area (Å²) in [6, 6.07) is 0. The van der Waals surface area contributed by atoms with Gasteiger partial charge in [-0.3, -0.25) is 14.6 Å². The van der Waals surface area contributed by atoms with Gasteiger partial charge < -0.3 is 34.9 Å². The van der Waals surface area contributed by atoms with Crippen molar-refractivity contribution >= 4 is 5.78 Å². The third kappa shape index (κ3) is 26.6. The summed E-state index contributed by atoms with van der Waals surface area (Å²) >= 11 is 0. The van der Waals surface area contributed by atoms with Crippen LogP contribution in [-0.2, 0) is 4.79 Å². The van der Waals surface area contributed by atoms with Crippen LogP contribution >= 0.6 is 0 Å². The zero-order valence-corrected chi connectivity index (χ0v) is 32.3. The van der Waals surface area contributed by atoms with Gasteiger partial charge in [0, 0.05) is 71.9 Å². The molecule has 0 bridgehead atoms. The van der Waals surface area contributed by atoms with Crippen molar-refractivity contribution in [3.05, 3.63) is 12.2 Å². The van der Waals surface area contributed by atoms with Crippen LogP contribution in [0.25, 0.3) is 0 Å². The second-order valence-corrected chi connectivity index (χ2v) is 15.0. The van der Waals surface area contributed by atoms with Crippen LogP contribution in [0.3, 0.4) is 0 Å². The van der Waals surface area contributed by atoms with Crippen molar-refractivity contribution in [2.75, 3.05) is 154 Å². The van der Waals surface area contributed by atoms with E-state index in [1.54, 1.807) is 0 Å². The average molecular weight is 667 g/mol. The van der Waals surface area contributed by atoms with Crippen molar-refractivity contribution in [1.29, 1.82) is 0 Å². The highest BCUT2D eigenvalue weighted by molar-refractivity contribution is 5.82. The Balaban J connectivity index is 0.000000274. The van der Waals surface area contributed by atoms with Gasteiger partial charge in [-0.05, 0) is 127 Å². The number of ketones is 1. The number of hydrogen-bond acceptors (Lipinski definition) is 10. The van der Waals surface area contributed by atoms with E-state index < -0.39 is 0 Å². The molecule has 6 saturated heterocycles. The summed E-state index contributed by atoms with van der Waals surface area (Å²) in [7, 11) is 14.8. The Hall–Kier alpha value is -0.950. The number of hydrogen-bond donors (Lipinski definition) is 2. The fraction of sp³-hybridized carbons (Fsp3) is 0.919. The summed E-state index contributed by atoms with van der Waals surface area (Å²) in [6.45, 7) is 20.8. The van der Waals surface area contributed by atoms with Gasteiger partial charge in [0.15, 0.2) is 0 Å². The van der Waals surface area contributed by atoms with E-state index in [1.807, 2.05) is 19.0 Å². The van der Waals surface area contributed by atoms with Gasteiger partial charge in [0.05, 0.1) is 12.6 Å². The second kappa shape index (κ2) is 27.8. The first-order chi connectivity index (χ1) is 22.4. The Morgan fingerprint density at radius 2 is 1.06 bits per heavy atom. The van der Waals surface area contributed by atoms with E-state index in [2.05, 4.69) is 89.0 Å². The maximum Gasteiger partial charge on any atom is 0.148 e. The van der Waals surface area contributed by atoms with E-state index in [1.165, 1.54) is 90.9 Å². The number of nitrogens with one attached hydrogen (secondary N) is 1. The SMILES string of the molecule is CC1CCN(C)C1.CN1CC=CC1.CN1CCC(=O)C1.CN1CCC(O)C1.CN1CCCC1.CN1CCCCC1.CN1CCNCC1. The maximum absolute atomic E-state index is 10.4. The molecule has 278 valence electrons. The number of carbonyl (C=O) groups excluding carboxylic acids is 1. The lowest BCUT2D eigenvalue weighted by molar-refractivity contribution is -0.116. The quantitative estimate of drug-likeness (QED) is 0.377. The zero-order chi connectivity index (χ0) is 34.9. The van der Waals surface area contributed by atoms with E-state index >= 15 is 0 Å². The van der Waals surface area contributed by atoms with Gasteiger partial charge in [0.25, 0.3) is 0 Å². The number of nitrogens with zero attached hydrogens (tertiary/aromatic N) is 7. The highest BCUT2D eigenvalue weighted by Crippen LogP contribution is 2.11. The number of aliphatic hydroxyl groups is 1. The van der Waals surface area contributed by atoms with E-state index in [9.17, 15) is 4.79 Å². The number of rotatable bonds is 0. The van der Waals surface area contributed by atoms with Crippen LogP contribution in [0.2, 0.25) is 0 Å². The standard InChI is InChI=1S/2C6H13N.C5H12N2.C5H11NO.C5H9NO.C5H11N.C5H9N/c1-6-3-4-7(2)5-6;1-7-5-3-2-4-6-7;1-7-4-2-6-3-5-7;2*1-6-3-2-5(7)4-6;2*1-6-4-2-3-5-6/h6H,3-5H2,1-2H3;2-6H2,1H3;6H,2-5H2,1H3;5,7H,2-4H2,1H3;2-4H2,1H3;2-5H2,1H3;2-3H,4-5H2,1H3. The lowest BCUT2D eigenvalue weighted by Crippen LogP contribution is -2.40. The molecule has 7 heterocycles. The molecule has 0 radical (unpaired) electrons. The molecule has 0 aliphatic carbocycles. The van der Waals surface area contributed by atoms with E-state index in [0.717, 1.165) is 64.6 Å². The Kier molecular flexibility index (Phi) is 26.1. The first-order valence-electron chi connectivity index (χ1n) is 18.8. The van der Waals surface area contributed by atoms with Crippen molar-refractivity contribution in [2.24, 2.45) is 5.92 Å². The molecule has 0 amide bonds. The normalized spacial score (nSPS) is 27.5. The summed E-state index contributed by atoms with van der Waals surface area (Å²) in [6.07, 6.45) is 14.5. The molecule has 0 saturated carbocycles. The minimum Gasteiger partial charge on any atom is -0.392 e. The Morgan fingerprint density at radius 1 is 0.574 bits per heavy atom. The molecule has 0 aromatic rings. The lowest BCUT2D eigenvalue weighted by Gasteiger charge is -2.21. The molecule has 10 heteroatoms. The van der Waals surface area contributed by atoms with Crippen molar-refractivity contribution in [3.63, 3.8) is 0 Å². The number of piperidine rings is 1. The molecule has 0 aromatic carbocycles. The van der Waals surface area contributed by atoms with Crippen molar-refractivity contribution < 1.29 is 9.90 Å². The number of aliphatic hydroxyl groups excluding tert-OH is 1. The summed E-state index contributed by atoms with van der Waals surface area (Å²) in [5.41, 5.74) is 0. The molecule has 47 heavy (non-hydrogen) atoms. The highest BCUT2D eigenvalue weighted by atomic mass is 16.3. The third-order valence-electron chi connectivity index (χ3n) is 9.46. The van der Waals surface area contributed by atoms with Crippen LogP contribution < -0.4 is 5.32 Å². The van der Waals surface area contributed by atoms with E-state index in [-0.39, 0.29) is 6.10 Å². The molecule has 7 aliphatic rings. The van der Waals surface area contributed by atoms with Crippen LogP contribution in [0.4, 0.5) is 0 Å². The predicted molar refractivity (Wildman–Crippen MR) is 202 cm³/mol. The van der Waals surface area contributed by atoms with Gasteiger partial charge in [-0.25, -0.2) is 0 Å². The highest BCUT2D eigenvalue weighted by Gasteiger charge is 2.15. The Bertz CT molecular complexity index is 703. The molecular weight excluding hydrogens is 588 g/mol. The van der Waals surface area contributed by atoms with Crippen LogP contribution in [0, 0.1) is 5.92 Å². The van der Waals surface area contributed by atoms with E-state index in [4.69, 9.17) is 5.11 Å². The molecule has 7 rings (SSSR count). The van der Waals surface area contributed by atoms with Gasteiger partial charge in [0.2, 0.25) is 0 Å². The molecule has 0 spiro atoms.